The fourth-order valence-electron chi connectivity index (χ4n) is 4.42. The number of halogens is 2. The van der Waals surface area contributed by atoms with Gasteiger partial charge in [-0.3, -0.25) is 14.4 Å². The summed E-state index contributed by atoms with van der Waals surface area (Å²) in [5, 5.41) is 14.0. The van der Waals surface area contributed by atoms with Crippen LogP contribution in [-0.4, -0.2) is 54.5 Å². The predicted molar refractivity (Wildman–Crippen MR) is 129 cm³/mol. The molecular formula is C25H29ClFN3O4. The Bertz CT molecular complexity index is 1100. The van der Waals surface area contributed by atoms with Crippen LogP contribution in [0, 0.1) is 5.82 Å². The minimum absolute atomic E-state index is 0.0389. The zero-order chi connectivity index (χ0) is 25.0. The Kier molecular flexibility index (Phi) is 7.94. The topological polar surface area (TPSA) is 98.7 Å². The molecule has 1 saturated heterocycles. The Morgan fingerprint density at radius 2 is 1.88 bits per heavy atom. The molecule has 0 saturated carbocycles. The summed E-state index contributed by atoms with van der Waals surface area (Å²) in [6.07, 6.45) is 0.528. The molecule has 1 aliphatic heterocycles. The Balaban J connectivity index is 1.96. The van der Waals surface area contributed by atoms with Crippen LogP contribution in [0.5, 0.6) is 0 Å². The molecule has 1 heterocycles. The van der Waals surface area contributed by atoms with Crippen LogP contribution >= 0.6 is 11.6 Å². The zero-order valence-electron chi connectivity index (χ0n) is 19.5. The van der Waals surface area contributed by atoms with Crippen molar-refractivity contribution in [3.8, 4) is 0 Å². The Morgan fingerprint density at radius 1 is 1.21 bits per heavy atom. The van der Waals surface area contributed by atoms with Crippen molar-refractivity contribution in [3.05, 3.63) is 63.9 Å². The number of nitrogens with zero attached hydrogens (tertiary/aromatic N) is 1. The zero-order valence-corrected chi connectivity index (χ0v) is 20.2. The maximum atomic E-state index is 14.3. The first-order chi connectivity index (χ1) is 16.1. The molecule has 3 N–H and O–H groups in total. The molecule has 1 fully saturated rings. The molecule has 34 heavy (non-hydrogen) atoms. The molecular weight excluding hydrogens is 461 g/mol. The molecule has 7 nitrogen and oxygen atoms in total. The highest BCUT2D eigenvalue weighted by atomic mass is 35.5. The number of rotatable bonds is 9. The van der Waals surface area contributed by atoms with Crippen molar-refractivity contribution in [2.24, 2.45) is 0 Å². The van der Waals surface area contributed by atoms with E-state index in [1.165, 1.54) is 13.1 Å². The molecule has 0 aromatic heterocycles. The van der Waals surface area contributed by atoms with Gasteiger partial charge in [0.05, 0.1) is 21.7 Å². The number of hydrogen-bond acceptors (Lipinski definition) is 4. The molecule has 0 aliphatic carbocycles. The third kappa shape index (κ3) is 5.23. The molecule has 9 heteroatoms. The second-order valence-electron chi connectivity index (χ2n) is 8.88. The van der Waals surface area contributed by atoms with Gasteiger partial charge in [0.25, 0.3) is 5.91 Å². The van der Waals surface area contributed by atoms with Crippen LogP contribution in [-0.2, 0) is 15.0 Å². The summed E-state index contributed by atoms with van der Waals surface area (Å²) in [5.74, 6) is -2.30. The van der Waals surface area contributed by atoms with Crippen LogP contribution in [0.3, 0.4) is 0 Å². The first-order valence-corrected chi connectivity index (χ1v) is 11.5. The molecule has 0 unspecified atom stereocenters. The number of carboxylic acids is 1. The van der Waals surface area contributed by atoms with E-state index in [1.807, 2.05) is 43.0 Å². The molecule has 2 amide bonds. The van der Waals surface area contributed by atoms with Gasteiger partial charge in [-0.15, -0.1) is 0 Å². The van der Waals surface area contributed by atoms with Gasteiger partial charge in [-0.05, 0) is 42.1 Å². The fourth-order valence-corrected chi connectivity index (χ4v) is 4.58. The largest absolute Gasteiger partial charge is 0.481 e. The van der Waals surface area contributed by atoms with E-state index in [2.05, 4.69) is 10.6 Å². The van der Waals surface area contributed by atoms with Crippen molar-refractivity contribution < 1.29 is 23.9 Å². The lowest BCUT2D eigenvalue weighted by atomic mass is 9.69. The second kappa shape index (κ2) is 10.5. The number of aliphatic carboxylic acids is 1. The van der Waals surface area contributed by atoms with Crippen LogP contribution in [0.2, 0.25) is 5.02 Å². The number of likely N-dealkylation sites (tertiary alicyclic amines) is 1. The van der Waals surface area contributed by atoms with Crippen molar-refractivity contribution in [1.82, 2.24) is 10.2 Å². The van der Waals surface area contributed by atoms with E-state index in [4.69, 9.17) is 16.7 Å². The second-order valence-corrected chi connectivity index (χ2v) is 9.28. The SMILES string of the molecule is CNC(=O)c1cc(Cl)c(F)cc1NC(=O)C1(c2ccccc2C(C)C)CN(CCCC(=O)O)C1. The average molecular weight is 490 g/mol. The summed E-state index contributed by atoms with van der Waals surface area (Å²) in [6.45, 7) is 5.41. The third-order valence-corrected chi connectivity index (χ3v) is 6.46. The molecule has 2 aromatic carbocycles. The average Bonchev–Trinajstić information content (AvgIpc) is 2.76. The minimum atomic E-state index is -0.930. The molecule has 1 aliphatic rings. The maximum absolute atomic E-state index is 14.3. The van der Waals surface area contributed by atoms with Crippen molar-refractivity contribution >= 4 is 35.1 Å². The summed E-state index contributed by atoms with van der Waals surface area (Å²) in [7, 11) is 1.44. The highest BCUT2D eigenvalue weighted by molar-refractivity contribution is 6.31. The van der Waals surface area contributed by atoms with Crippen molar-refractivity contribution in [2.45, 2.75) is 38.0 Å². The molecule has 0 radical (unpaired) electrons. The van der Waals surface area contributed by atoms with Crippen molar-refractivity contribution in [3.63, 3.8) is 0 Å². The van der Waals surface area contributed by atoms with Crippen LogP contribution in [0.25, 0.3) is 0 Å². The molecule has 182 valence electrons. The molecule has 0 bridgehead atoms. The van der Waals surface area contributed by atoms with E-state index in [0.717, 1.165) is 17.2 Å². The van der Waals surface area contributed by atoms with Gasteiger partial charge < -0.3 is 20.6 Å². The van der Waals surface area contributed by atoms with E-state index in [0.29, 0.717) is 26.1 Å². The van der Waals surface area contributed by atoms with Gasteiger partial charge in [-0.1, -0.05) is 49.7 Å². The number of hydrogen-bond donors (Lipinski definition) is 3. The molecule has 0 atom stereocenters. The number of nitrogens with one attached hydrogen (secondary N) is 2. The van der Waals surface area contributed by atoms with Crippen molar-refractivity contribution in [2.75, 3.05) is 32.0 Å². The van der Waals surface area contributed by atoms with Gasteiger partial charge in [0.2, 0.25) is 5.91 Å². The highest BCUT2D eigenvalue weighted by Crippen LogP contribution is 2.40. The fraction of sp³-hybridized carbons (Fsp3) is 0.400. The third-order valence-electron chi connectivity index (χ3n) is 6.17. The highest BCUT2D eigenvalue weighted by Gasteiger charge is 2.51. The summed E-state index contributed by atoms with van der Waals surface area (Å²) in [5.41, 5.74) is 1.06. The maximum Gasteiger partial charge on any atom is 0.303 e. The lowest BCUT2D eigenvalue weighted by Crippen LogP contribution is -2.65. The normalized spacial score (nSPS) is 15.0. The van der Waals surface area contributed by atoms with E-state index in [-0.39, 0.29) is 34.5 Å². The van der Waals surface area contributed by atoms with E-state index in [9.17, 15) is 18.8 Å². The smallest absolute Gasteiger partial charge is 0.303 e. The Hall–Kier alpha value is -2.97. The quantitative estimate of drug-likeness (QED) is 0.494. The summed E-state index contributed by atoms with van der Waals surface area (Å²) in [6, 6.07) is 9.95. The van der Waals surface area contributed by atoms with Gasteiger partial charge >= 0.3 is 5.97 Å². The van der Waals surface area contributed by atoms with Crippen LogP contribution < -0.4 is 10.6 Å². The summed E-state index contributed by atoms with van der Waals surface area (Å²) < 4.78 is 14.3. The summed E-state index contributed by atoms with van der Waals surface area (Å²) >= 11 is 5.88. The molecule has 3 rings (SSSR count). The first kappa shape index (κ1) is 25.6. The van der Waals surface area contributed by atoms with Gasteiger partial charge in [0.15, 0.2) is 0 Å². The standard InChI is InChI=1S/C25H29ClFN3O4/c1-15(2)16-7-4-5-8-18(16)25(13-30(14-25)10-6-9-22(31)32)24(34)29-21-12-20(27)19(26)11-17(21)23(33)28-3/h4-5,7-8,11-12,15H,6,9-10,13-14H2,1-3H3,(H,28,33)(H,29,34)(H,31,32). The Labute approximate surface area is 203 Å². The number of carbonyl (C=O) groups excluding carboxylic acids is 2. The number of anilines is 1. The van der Waals surface area contributed by atoms with E-state index < -0.39 is 23.1 Å². The van der Waals surface area contributed by atoms with Gasteiger partial charge in [0.1, 0.15) is 5.82 Å². The predicted octanol–water partition coefficient (Wildman–Crippen LogP) is 4.02. The number of carboxylic acid groups (broad SMARTS) is 1. The lowest BCUT2D eigenvalue weighted by Gasteiger charge is -2.50. The van der Waals surface area contributed by atoms with Gasteiger partial charge in [0, 0.05) is 26.6 Å². The van der Waals surface area contributed by atoms with Crippen molar-refractivity contribution in [1.29, 1.82) is 0 Å². The molecule has 2 aromatic rings. The Morgan fingerprint density at radius 3 is 2.50 bits per heavy atom. The lowest BCUT2D eigenvalue weighted by molar-refractivity contribution is -0.137. The minimum Gasteiger partial charge on any atom is -0.481 e. The van der Waals surface area contributed by atoms with Gasteiger partial charge in [-0.25, -0.2) is 4.39 Å². The van der Waals surface area contributed by atoms with Crippen LogP contribution in [0.15, 0.2) is 36.4 Å². The summed E-state index contributed by atoms with van der Waals surface area (Å²) in [4.78, 5) is 39.0. The first-order valence-electron chi connectivity index (χ1n) is 11.1. The monoisotopic (exact) mass is 489 g/mol. The number of amides is 2. The number of benzene rings is 2. The van der Waals surface area contributed by atoms with Gasteiger partial charge in [-0.2, -0.15) is 0 Å². The van der Waals surface area contributed by atoms with Crippen LogP contribution in [0.1, 0.15) is 54.1 Å². The van der Waals surface area contributed by atoms with Crippen LogP contribution in [0.4, 0.5) is 10.1 Å². The number of carbonyl (C=O) groups is 3. The van der Waals surface area contributed by atoms with E-state index in [1.54, 1.807) is 0 Å². The molecule has 0 spiro atoms. The van der Waals surface area contributed by atoms with E-state index >= 15 is 0 Å².